The molecule has 8 rings (SSSR count). The normalized spacial score (nSPS) is 14.5. The molecule has 2 N–H and O–H groups in total. The van der Waals surface area contributed by atoms with Gasteiger partial charge in [0.25, 0.3) is 0 Å². The molecule has 0 amide bonds. The first kappa shape index (κ1) is 25.2. The molecular weight excluding hydrogens is 528 g/mol. The van der Waals surface area contributed by atoms with Crippen LogP contribution in [-0.4, -0.2) is 24.9 Å². The number of aromatic nitrogens is 4. The fraction of sp³-hybridized carbons (Fsp3) is 0.0526. The maximum Gasteiger partial charge on any atom is 0.196 e. The number of fused-ring (bicyclic) bond motifs is 3. The third kappa shape index (κ3) is 3.62. The average Bonchev–Trinajstić information content (AvgIpc) is 3.86. The molecule has 206 valence electrons. The molecule has 0 fully saturated rings. The summed E-state index contributed by atoms with van der Waals surface area (Å²) in [5.74, 6) is 0. The smallest absolute Gasteiger partial charge is 0.196 e. The van der Waals surface area contributed by atoms with Gasteiger partial charge in [-0.1, -0.05) is 121 Å². The van der Waals surface area contributed by atoms with Gasteiger partial charge in [-0.25, -0.2) is 4.98 Å². The summed E-state index contributed by atoms with van der Waals surface area (Å²) >= 11 is 0. The van der Waals surface area contributed by atoms with Crippen molar-refractivity contribution in [1.29, 1.82) is 0 Å². The van der Waals surface area contributed by atoms with Gasteiger partial charge in [-0.05, 0) is 51.1 Å². The number of rotatable bonds is 6. The van der Waals surface area contributed by atoms with Gasteiger partial charge >= 0.3 is 0 Å². The molecule has 1 atom stereocenters. The van der Waals surface area contributed by atoms with Crippen LogP contribution in [0, 0.1) is 0 Å². The third-order valence-electron chi connectivity index (χ3n) is 8.80. The zero-order valence-electron chi connectivity index (χ0n) is 23.3. The Morgan fingerprint density at radius 1 is 0.674 bits per heavy atom. The summed E-state index contributed by atoms with van der Waals surface area (Å²) in [4.78, 5) is 4.34. The number of imidazole rings is 1. The van der Waals surface area contributed by atoms with Crippen LogP contribution in [0.3, 0.4) is 0 Å². The molecule has 0 saturated heterocycles. The SMILES string of the molecule is OC(c1cccc(C2(c3cc[nH]n3)c3ccccc3-c3ccccc32)c1)(c1ccccc1-c1ccccc1)n1ccnc1. The van der Waals surface area contributed by atoms with E-state index < -0.39 is 11.1 Å². The Morgan fingerprint density at radius 2 is 1.35 bits per heavy atom. The molecular formula is C38H28N4O. The lowest BCUT2D eigenvalue weighted by Crippen LogP contribution is -2.37. The average molecular weight is 557 g/mol. The minimum absolute atomic E-state index is 0.683. The van der Waals surface area contributed by atoms with Crippen molar-refractivity contribution < 1.29 is 5.11 Å². The largest absolute Gasteiger partial charge is 0.363 e. The van der Waals surface area contributed by atoms with Crippen LogP contribution in [0.25, 0.3) is 22.3 Å². The summed E-state index contributed by atoms with van der Waals surface area (Å²) < 4.78 is 1.78. The quantitative estimate of drug-likeness (QED) is 0.225. The Balaban J connectivity index is 1.42. The first-order chi connectivity index (χ1) is 21.2. The summed E-state index contributed by atoms with van der Waals surface area (Å²) in [7, 11) is 0. The highest BCUT2D eigenvalue weighted by atomic mass is 16.3. The van der Waals surface area contributed by atoms with Crippen molar-refractivity contribution in [3.63, 3.8) is 0 Å². The van der Waals surface area contributed by atoms with Gasteiger partial charge < -0.3 is 9.67 Å². The molecule has 0 aliphatic heterocycles. The van der Waals surface area contributed by atoms with Gasteiger partial charge in [-0.2, -0.15) is 5.10 Å². The Kier molecular flexibility index (Phi) is 5.74. The Morgan fingerprint density at radius 3 is 2.02 bits per heavy atom. The van der Waals surface area contributed by atoms with Gasteiger partial charge in [0.05, 0.1) is 17.4 Å². The summed E-state index contributed by atoms with van der Waals surface area (Å²) in [6.45, 7) is 0. The highest BCUT2D eigenvalue weighted by Gasteiger charge is 2.48. The van der Waals surface area contributed by atoms with Crippen LogP contribution in [0.4, 0.5) is 0 Å². The van der Waals surface area contributed by atoms with E-state index in [4.69, 9.17) is 5.10 Å². The van der Waals surface area contributed by atoms with Gasteiger partial charge in [0.1, 0.15) is 0 Å². The van der Waals surface area contributed by atoms with E-state index in [9.17, 15) is 5.11 Å². The monoisotopic (exact) mass is 556 g/mol. The molecule has 0 bridgehead atoms. The third-order valence-corrected chi connectivity index (χ3v) is 8.80. The molecule has 0 spiro atoms. The zero-order valence-corrected chi connectivity index (χ0v) is 23.3. The molecule has 2 heterocycles. The van der Waals surface area contributed by atoms with Crippen molar-refractivity contribution in [2.45, 2.75) is 11.1 Å². The van der Waals surface area contributed by atoms with E-state index in [-0.39, 0.29) is 0 Å². The van der Waals surface area contributed by atoms with Crippen molar-refractivity contribution in [2.24, 2.45) is 0 Å². The van der Waals surface area contributed by atoms with Crippen LogP contribution >= 0.6 is 0 Å². The van der Waals surface area contributed by atoms with Crippen molar-refractivity contribution >= 4 is 0 Å². The Labute approximate surface area is 249 Å². The van der Waals surface area contributed by atoms with Crippen molar-refractivity contribution in [3.8, 4) is 22.3 Å². The van der Waals surface area contributed by atoms with Gasteiger partial charge in [0.15, 0.2) is 5.72 Å². The van der Waals surface area contributed by atoms with Gasteiger partial charge in [0, 0.05) is 29.7 Å². The highest BCUT2D eigenvalue weighted by molar-refractivity contribution is 5.85. The minimum Gasteiger partial charge on any atom is -0.363 e. The van der Waals surface area contributed by atoms with Crippen molar-refractivity contribution in [1.82, 2.24) is 19.7 Å². The maximum absolute atomic E-state index is 13.0. The molecule has 1 aliphatic rings. The minimum atomic E-state index is -1.55. The van der Waals surface area contributed by atoms with E-state index >= 15 is 0 Å². The molecule has 1 aliphatic carbocycles. The predicted octanol–water partition coefficient (Wildman–Crippen LogP) is 7.38. The van der Waals surface area contributed by atoms with Gasteiger partial charge in [-0.3, -0.25) is 5.10 Å². The lowest BCUT2D eigenvalue weighted by atomic mass is 9.69. The van der Waals surface area contributed by atoms with E-state index in [2.05, 4.69) is 95.0 Å². The van der Waals surface area contributed by atoms with E-state index in [1.54, 1.807) is 17.1 Å². The number of benzene rings is 5. The standard InChI is InChI=1S/C38H28N4O/c43-38(42-24-23-39-26-42,35-20-9-4-15-30(35)27-11-2-1-3-12-27)29-14-10-13-28(25-29)37(36-21-22-40-41-36)33-18-7-5-16-31(33)32-17-6-8-19-34(32)37/h1-26,43H,(H,40,41). The van der Waals surface area contributed by atoms with E-state index in [1.807, 2.05) is 60.9 Å². The second kappa shape index (κ2) is 9.79. The first-order valence-corrected chi connectivity index (χ1v) is 14.4. The summed E-state index contributed by atoms with van der Waals surface area (Å²) in [5.41, 5.74) is 7.84. The van der Waals surface area contributed by atoms with E-state index in [1.165, 1.54) is 11.1 Å². The van der Waals surface area contributed by atoms with Crippen molar-refractivity contribution in [3.05, 3.63) is 192 Å². The number of H-pyrrole nitrogens is 1. The van der Waals surface area contributed by atoms with E-state index in [0.717, 1.165) is 44.6 Å². The molecule has 0 saturated carbocycles. The zero-order chi connectivity index (χ0) is 28.9. The Hall–Kier alpha value is -5.52. The molecule has 5 heteroatoms. The summed E-state index contributed by atoms with van der Waals surface area (Å²) in [5, 5.41) is 20.9. The van der Waals surface area contributed by atoms with Crippen LogP contribution in [-0.2, 0) is 11.1 Å². The molecule has 2 aromatic heterocycles. The number of hydrogen-bond donors (Lipinski definition) is 2. The Bertz CT molecular complexity index is 2000. The number of aliphatic hydroxyl groups is 1. The first-order valence-electron chi connectivity index (χ1n) is 14.4. The second-order valence-corrected chi connectivity index (χ2v) is 10.9. The van der Waals surface area contributed by atoms with Crippen LogP contribution in [0.2, 0.25) is 0 Å². The topological polar surface area (TPSA) is 66.7 Å². The lowest BCUT2D eigenvalue weighted by molar-refractivity contribution is 0.0490. The highest BCUT2D eigenvalue weighted by Crippen LogP contribution is 2.56. The van der Waals surface area contributed by atoms with Crippen LogP contribution in [0.15, 0.2) is 158 Å². The van der Waals surface area contributed by atoms with Gasteiger partial charge in [0.2, 0.25) is 0 Å². The van der Waals surface area contributed by atoms with Crippen LogP contribution in [0.5, 0.6) is 0 Å². The number of hydrogen-bond acceptors (Lipinski definition) is 3. The lowest BCUT2D eigenvalue weighted by Gasteiger charge is -2.35. The predicted molar refractivity (Wildman–Crippen MR) is 168 cm³/mol. The van der Waals surface area contributed by atoms with Gasteiger partial charge in [-0.15, -0.1) is 0 Å². The van der Waals surface area contributed by atoms with E-state index in [0.29, 0.717) is 0 Å². The number of aromatic amines is 1. The molecule has 1 unspecified atom stereocenters. The molecule has 5 nitrogen and oxygen atoms in total. The second-order valence-electron chi connectivity index (χ2n) is 10.9. The molecule has 43 heavy (non-hydrogen) atoms. The summed E-state index contributed by atoms with van der Waals surface area (Å²) in [6.07, 6.45) is 7.08. The van der Waals surface area contributed by atoms with Crippen molar-refractivity contribution in [2.75, 3.05) is 0 Å². The molecule has 5 aromatic carbocycles. The molecule has 7 aromatic rings. The number of nitrogens with zero attached hydrogens (tertiary/aromatic N) is 3. The fourth-order valence-corrected chi connectivity index (χ4v) is 6.96. The number of nitrogens with one attached hydrogen (secondary N) is 1. The fourth-order valence-electron chi connectivity index (χ4n) is 6.96. The van der Waals surface area contributed by atoms with Crippen LogP contribution < -0.4 is 0 Å². The summed E-state index contributed by atoms with van der Waals surface area (Å²) in [6, 6.07) is 45.7. The maximum atomic E-state index is 13.0. The molecule has 0 radical (unpaired) electrons. The van der Waals surface area contributed by atoms with Crippen LogP contribution in [0.1, 0.15) is 33.5 Å².